The van der Waals surface area contributed by atoms with Gasteiger partial charge in [-0.25, -0.2) is 0 Å². The second-order valence-electron chi connectivity index (χ2n) is 3.57. The average Bonchev–Trinajstić information content (AvgIpc) is 2.29. The minimum Gasteiger partial charge on any atom is -0.383 e. The molecule has 102 valence electrons. The third-order valence-corrected chi connectivity index (χ3v) is 2.41. The number of ether oxygens (including phenoxy) is 1. The van der Waals surface area contributed by atoms with Crippen molar-refractivity contribution < 1.29 is 17.9 Å². The summed E-state index contributed by atoms with van der Waals surface area (Å²) in [4.78, 5) is 0. The summed E-state index contributed by atoms with van der Waals surface area (Å²) >= 11 is 5.88. The summed E-state index contributed by atoms with van der Waals surface area (Å²) in [6.45, 7) is 0.902. The lowest BCUT2D eigenvalue weighted by Crippen LogP contribution is -2.15. The van der Waals surface area contributed by atoms with Gasteiger partial charge in [0.1, 0.15) is 5.82 Å². The van der Waals surface area contributed by atoms with E-state index in [-0.39, 0.29) is 11.2 Å². The largest absolute Gasteiger partial charge is 0.435 e. The summed E-state index contributed by atoms with van der Waals surface area (Å²) in [7, 11) is 1.55. The van der Waals surface area contributed by atoms with Gasteiger partial charge in [0, 0.05) is 13.7 Å². The van der Waals surface area contributed by atoms with E-state index >= 15 is 0 Å². The molecule has 18 heavy (non-hydrogen) atoms. The van der Waals surface area contributed by atoms with Crippen molar-refractivity contribution in [2.45, 2.75) is 18.0 Å². The maximum atomic E-state index is 12.2. The third kappa shape index (κ3) is 5.05. The molecule has 1 atom stereocenters. The molecule has 0 aromatic carbocycles. The van der Waals surface area contributed by atoms with Crippen LogP contribution in [0, 0.1) is 0 Å². The van der Waals surface area contributed by atoms with Gasteiger partial charge in [0.05, 0.1) is 12.0 Å². The van der Waals surface area contributed by atoms with E-state index < -0.39 is 11.9 Å². The van der Waals surface area contributed by atoms with Gasteiger partial charge in [-0.2, -0.15) is 13.2 Å². The van der Waals surface area contributed by atoms with Gasteiger partial charge >= 0.3 is 6.18 Å². The van der Waals surface area contributed by atoms with E-state index in [4.69, 9.17) is 16.3 Å². The van der Waals surface area contributed by atoms with Gasteiger partial charge in [0.15, 0.2) is 5.69 Å². The van der Waals surface area contributed by atoms with Gasteiger partial charge in [-0.15, -0.1) is 21.8 Å². The Balaban J connectivity index is 2.40. The van der Waals surface area contributed by atoms with Crippen LogP contribution in [0.1, 0.15) is 12.1 Å². The first kappa shape index (κ1) is 15.0. The fraction of sp³-hybridized carbons (Fsp3) is 0.600. The zero-order chi connectivity index (χ0) is 13.6. The van der Waals surface area contributed by atoms with Crippen molar-refractivity contribution in [2.75, 3.05) is 25.6 Å². The Hall–Kier alpha value is -1.08. The summed E-state index contributed by atoms with van der Waals surface area (Å²) in [5, 5.41) is 9.20. The van der Waals surface area contributed by atoms with E-state index in [9.17, 15) is 13.2 Å². The predicted molar refractivity (Wildman–Crippen MR) is 61.7 cm³/mol. The van der Waals surface area contributed by atoms with Gasteiger partial charge in [0.25, 0.3) is 0 Å². The summed E-state index contributed by atoms with van der Waals surface area (Å²) in [6.07, 6.45) is -3.86. The lowest BCUT2D eigenvalue weighted by Gasteiger charge is -2.10. The minimum absolute atomic E-state index is 0.148. The molecule has 0 fully saturated rings. The predicted octanol–water partition coefficient (Wildman–Crippen LogP) is 2.55. The molecular weight excluding hydrogens is 271 g/mol. The number of nitrogens with zero attached hydrogens (tertiary/aromatic N) is 2. The normalized spacial score (nSPS) is 13.4. The Morgan fingerprint density at radius 3 is 2.61 bits per heavy atom. The van der Waals surface area contributed by atoms with Crippen LogP contribution >= 0.6 is 11.6 Å². The van der Waals surface area contributed by atoms with Gasteiger partial charge in [-0.05, 0) is 18.6 Å². The molecule has 0 aliphatic heterocycles. The molecule has 0 aliphatic carbocycles. The van der Waals surface area contributed by atoms with E-state index in [2.05, 4.69) is 15.5 Å². The van der Waals surface area contributed by atoms with Crippen molar-refractivity contribution in [1.82, 2.24) is 10.2 Å². The van der Waals surface area contributed by atoms with Crippen molar-refractivity contribution in [2.24, 2.45) is 0 Å². The number of hydrogen-bond donors (Lipinski definition) is 1. The fourth-order valence-corrected chi connectivity index (χ4v) is 1.43. The lowest BCUT2D eigenvalue weighted by molar-refractivity contribution is -0.141. The highest BCUT2D eigenvalue weighted by molar-refractivity contribution is 6.20. The number of alkyl halides is 4. The fourth-order valence-electron chi connectivity index (χ4n) is 1.20. The van der Waals surface area contributed by atoms with Crippen LogP contribution in [-0.4, -0.2) is 35.8 Å². The van der Waals surface area contributed by atoms with Gasteiger partial charge < -0.3 is 10.1 Å². The summed E-state index contributed by atoms with van der Waals surface area (Å²) in [6, 6.07) is 2.11. The molecule has 0 aliphatic rings. The topological polar surface area (TPSA) is 47.0 Å². The highest BCUT2D eigenvalue weighted by Crippen LogP contribution is 2.26. The van der Waals surface area contributed by atoms with Crippen molar-refractivity contribution in [3.63, 3.8) is 0 Å². The van der Waals surface area contributed by atoms with Crippen LogP contribution in [0.5, 0.6) is 0 Å². The van der Waals surface area contributed by atoms with Crippen LogP contribution in [0.3, 0.4) is 0 Å². The van der Waals surface area contributed by atoms with Crippen molar-refractivity contribution >= 4 is 17.4 Å². The molecule has 8 heteroatoms. The number of nitrogens with one attached hydrogen (secondary N) is 1. The Kier molecular flexibility index (Phi) is 5.61. The van der Waals surface area contributed by atoms with Crippen molar-refractivity contribution in [1.29, 1.82) is 0 Å². The number of halogens is 4. The Bertz CT molecular complexity index is 358. The Morgan fingerprint density at radius 2 is 2.11 bits per heavy atom. The van der Waals surface area contributed by atoms with Gasteiger partial charge in [-0.3, -0.25) is 0 Å². The van der Waals surface area contributed by atoms with Crippen LogP contribution in [0.2, 0.25) is 0 Å². The van der Waals surface area contributed by atoms with Crippen LogP contribution in [0.4, 0.5) is 19.0 Å². The van der Waals surface area contributed by atoms with Crippen molar-refractivity contribution in [3.05, 3.63) is 17.8 Å². The smallest absolute Gasteiger partial charge is 0.383 e. The molecule has 0 amide bonds. The molecule has 1 unspecified atom stereocenters. The molecule has 0 spiro atoms. The molecule has 1 N–H and O–H groups in total. The standard InChI is InChI=1S/C10H13ClF3N3O/c1-18-6-7(11)4-5-15-9-3-2-8(16-17-9)10(12,13)14/h2-3,7H,4-6H2,1H3,(H,15,17). The SMILES string of the molecule is COCC(Cl)CCNc1ccc(C(F)(F)F)nn1. The number of methoxy groups -OCH3 is 1. The molecular formula is C10H13ClF3N3O. The highest BCUT2D eigenvalue weighted by Gasteiger charge is 2.32. The second kappa shape index (κ2) is 6.75. The number of anilines is 1. The summed E-state index contributed by atoms with van der Waals surface area (Å²) in [5.41, 5.74) is -1.01. The summed E-state index contributed by atoms with van der Waals surface area (Å²) in [5.74, 6) is 0.282. The van der Waals surface area contributed by atoms with Crippen LogP contribution in [-0.2, 0) is 10.9 Å². The molecule has 1 aromatic heterocycles. The highest BCUT2D eigenvalue weighted by atomic mass is 35.5. The molecule has 4 nitrogen and oxygen atoms in total. The van der Waals surface area contributed by atoms with Gasteiger partial charge in [0.2, 0.25) is 0 Å². The first-order chi connectivity index (χ1) is 8.43. The van der Waals surface area contributed by atoms with Gasteiger partial charge in [-0.1, -0.05) is 0 Å². The van der Waals surface area contributed by atoms with E-state index in [0.717, 1.165) is 6.07 Å². The maximum absolute atomic E-state index is 12.2. The van der Waals surface area contributed by atoms with E-state index in [1.165, 1.54) is 6.07 Å². The lowest BCUT2D eigenvalue weighted by atomic mass is 10.3. The zero-order valence-corrected chi connectivity index (χ0v) is 10.4. The first-order valence-electron chi connectivity index (χ1n) is 5.21. The second-order valence-corrected chi connectivity index (χ2v) is 4.19. The van der Waals surface area contributed by atoms with Crippen LogP contribution in [0.15, 0.2) is 12.1 Å². The van der Waals surface area contributed by atoms with Crippen molar-refractivity contribution in [3.8, 4) is 0 Å². The van der Waals surface area contributed by atoms with E-state index in [1.807, 2.05) is 0 Å². The monoisotopic (exact) mass is 283 g/mol. The Labute approximate surface area is 107 Å². The number of hydrogen-bond acceptors (Lipinski definition) is 4. The number of aromatic nitrogens is 2. The average molecular weight is 284 g/mol. The molecule has 0 saturated carbocycles. The van der Waals surface area contributed by atoms with Crippen LogP contribution in [0.25, 0.3) is 0 Å². The summed E-state index contributed by atoms with van der Waals surface area (Å²) < 4.78 is 41.5. The quantitative estimate of drug-likeness (QED) is 0.815. The first-order valence-corrected chi connectivity index (χ1v) is 5.65. The Morgan fingerprint density at radius 1 is 1.39 bits per heavy atom. The molecule has 1 rings (SSSR count). The molecule has 1 heterocycles. The molecule has 0 radical (unpaired) electrons. The zero-order valence-electron chi connectivity index (χ0n) is 9.67. The van der Waals surface area contributed by atoms with Crippen LogP contribution < -0.4 is 5.32 Å². The molecule has 1 aromatic rings. The van der Waals surface area contributed by atoms with E-state index in [0.29, 0.717) is 19.6 Å². The maximum Gasteiger partial charge on any atom is 0.435 e. The van der Waals surface area contributed by atoms with E-state index in [1.54, 1.807) is 7.11 Å². The third-order valence-electron chi connectivity index (χ3n) is 2.07. The molecule has 0 saturated heterocycles. The minimum atomic E-state index is -4.47. The number of rotatable bonds is 6. The molecule has 0 bridgehead atoms.